The molecule has 130 valence electrons. The summed E-state index contributed by atoms with van der Waals surface area (Å²) in [5.74, 6) is 1.57. The van der Waals surface area contributed by atoms with Crippen molar-refractivity contribution in [1.29, 1.82) is 0 Å². The Morgan fingerprint density at radius 1 is 1.28 bits per heavy atom. The third kappa shape index (κ3) is 4.72. The Bertz CT molecular complexity index is 787. The molecule has 8 heteroatoms. The van der Waals surface area contributed by atoms with Crippen LogP contribution in [0.25, 0.3) is 11.4 Å². The molecule has 1 aliphatic carbocycles. The van der Waals surface area contributed by atoms with Gasteiger partial charge in [0.05, 0.1) is 11.5 Å². The maximum Gasteiger partial charge on any atom is 0.269 e. The molecule has 0 unspecified atom stereocenters. The molecule has 1 saturated carbocycles. The molecule has 1 heterocycles. The second-order valence-corrected chi connectivity index (χ2v) is 6.12. The first-order valence-electron chi connectivity index (χ1n) is 8.12. The minimum absolute atomic E-state index is 0.0158. The van der Waals surface area contributed by atoms with E-state index in [2.05, 4.69) is 20.6 Å². The summed E-state index contributed by atoms with van der Waals surface area (Å²) < 4.78 is 0. The molecule has 1 amide bonds. The topological polar surface area (TPSA) is 110 Å². The molecule has 1 aromatic heterocycles. The molecule has 2 N–H and O–H groups in total. The summed E-state index contributed by atoms with van der Waals surface area (Å²) in [6.07, 6.45) is 2.38. The van der Waals surface area contributed by atoms with Crippen molar-refractivity contribution in [2.24, 2.45) is 5.92 Å². The molecule has 2 aromatic rings. The largest absolute Gasteiger partial charge is 0.361 e. The number of anilines is 1. The molecule has 8 nitrogen and oxygen atoms in total. The fraction of sp³-hybridized carbons (Fsp3) is 0.353. The zero-order chi connectivity index (χ0) is 17.8. The number of amides is 1. The zero-order valence-electron chi connectivity index (χ0n) is 13.9. The summed E-state index contributed by atoms with van der Waals surface area (Å²) in [6, 6.07) is 7.81. The molecule has 1 aromatic carbocycles. The van der Waals surface area contributed by atoms with Crippen LogP contribution < -0.4 is 10.6 Å². The van der Waals surface area contributed by atoms with Gasteiger partial charge in [0.1, 0.15) is 5.82 Å². The van der Waals surface area contributed by atoms with Crippen LogP contribution >= 0.6 is 0 Å². The Balaban J connectivity index is 1.66. The van der Waals surface area contributed by atoms with Crippen molar-refractivity contribution in [1.82, 2.24) is 15.3 Å². The molecule has 0 atom stereocenters. The van der Waals surface area contributed by atoms with Gasteiger partial charge in [0.2, 0.25) is 5.91 Å². The lowest BCUT2D eigenvalue weighted by Gasteiger charge is -2.09. The number of nitrogens with zero attached hydrogens (tertiary/aromatic N) is 3. The number of hydrogen-bond donors (Lipinski definition) is 2. The van der Waals surface area contributed by atoms with Crippen LogP contribution in [-0.4, -0.2) is 33.9 Å². The number of rotatable bonds is 7. The minimum Gasteiger partial charge on any atom is -0.361 e. The van der Waals surface area contributed by atoms with Crippen molar-refractivity contribution in [2.75, 3.05) is 18.4 Å². The molecule has 25 heavy (non-hydrogen) atoms. The fourth-order valence-corrected chi connectivity index (χ4v) is 2.33. The lowest BCUT2D eigenvalue weighted by Crippen LogP contribution is -2.31. The molecule has 3 rings (SSSR count). The zero-order valence-corrected chi connectivity index (χ0v) is 13.9. The molecule has 0 spiro atoms. The highest BCUT2D eigenvalue weighted by Crippen LogP contribution is 2.27. The number of aromatic nitrogens is 2. The van der Waals surface area contributed by atoms with Crippen molar-refractivity contribution in [2.45, 2.75) is 19.8 Å². The highest BCUT2D eigenvalue weighted by molar-refractivity contribution is 5.80. The van der Waals surface area contributed by atoms with Gasteiger partial charge in [-0.2, -0.15) is 0 Å². The Morgan fingerprint density at radius 3 is 2.64 bits per heavy atom. The van der Waals surface area contributed by atoms with E-state index >= 15 is 0 Å². The van der Waals surface area contributed by atoms with Crippen LogP contribution in [0.4, 0.5) is 11.5 Å². The van der Waals surface area contributed by atoms with E-state index in [1.54, 1.807) is 18.2 Å². The molecule has 0 radical (unpaired) electrons. The monoisotopic (exact) mass is 341 g/mol. The number of carbonyl (C=O) groups is 1. The molecule has 1 aliphatic rings. The van der Waals surface area contributed by atoms with Crippen LogP contribution in [0, 0.1) is 23.0 Å². The third-order valence-corrected chi connectivity index (χ3v) is 3.91. The van der Waals surface area contributed by atoms with Gasteiger partial charge < -0.3 is 10.6 Å². The van der Waals surface area contributed by atoms with Crippen molar-refractivity contribution in [3.63, 3.8) is 0 Å². The van der Waals surface area contributed by atoms with Crippen molar-refractivity contribution >= 4 is 17.4 Å². The molecule has 0 saturated heterocycles. The van der Waals surface area contributed by atoms with E-state index in [-0.39, 0.29) is 18.1 Å². The second-order valence-electron chi connectivity index (χ2n) is 6.12. The van der Waals surface area contributed by atoms with Crippen LogP contribution in [0.2, 0.25) is 0 Å². The van der Waals surface area contributed by atoms with Crippen molar-refractivity contribution < 1.29 is 9.72 Å². The normalized spacial score (nSPS) is 13.3. The number of benzene rings is 1. The van der Waals surface area contributed by atoms with Gasteiger partial charge in [-0.15, -0.1) is 0 Å². The van der Waals surface area contributed by atoms with Gasteiger partial charge in [-0.3, -0.25) is 14.9 Å². The quantitative estimate of drug-likeness (QED) is 0.590. The van der Waals surface area contributed by atoms with E-state index in [1.165, 1.54) is 25.0 Å². The Hall–Kier alpha value is -3.03. The van der Waals surface area contributed by atoms with Crippen LogP contribution in [-0.2, 0) is 4.79 Å². The fourth-order valence-electron chi connectivity index (χ4n) is 2.33. The molecular weight excluding hydrogens is 322 g/mol. The van der Waals surface area contributed by atoms with Crippen molar-refractivity contribution in [3.8, 4) is 11.4 Å². The predicted molar refractivity (Wildman–Crippen MR) is 93.1 cm³/mol. The van der Waals surface area contributed by atoms with Gasteiger partial charge in [-0.05, 0) is 37.8 Å². The number of carbonyl (C=O) groups excluding carboxylic acids is 1. The minimum atomic E-state index is -0.450. The van der Waals surface area contributed by atoms with E-state index in [9.17, 15) is 14.9 Å². The molecule has 1 fully saturated rings. The average Bonchev–Trinajstić information content (AvgIpc) is 3.42. The maximum atomic E-state index is 11.8. The van der Waals surface area contributed by atoms with Crippen LogP contribution in [0.3, 0.4) is 0 Å². The number of non-ortho nitro benzene ring substituents is 1. The summed E-state index contributed by atoms with van der Waals surface area (Å²) in [5.41, 5.74) is 1.43. The van der Waals surface area contributed by atoms with E-state index in [1.807, 2.05) is 6.92 Å². The first-order chi connectivity index (χ1) is 12.0. The predicted octanol–water partition coefficient (Wildman–Crippen LogP) is 2.30. The van der Waals surface area contributed by atoms with Gasteiger partial charge >= 0.3 is 0 Å². The SMILES string of the molecule is Cc1cc(NCC(=O)NCC2CC2)nc(-c2ccc([N+](=O)[O-])cc2)n1. The van der Waals surface area contributed by atoms with Gasteiger partial charge in [0, 0.05) is 36.0 Å². The number of hydrogen-bond acceptors (Lipinski definition) is 6. The third-order valence-electron chi connectivity index (χ3n) is 3.91. The standard InChI is InChI=1S/C17H19N5O3/c1-11-8-15(18-10-16(23)19-9-12-2-3-12)21-17(20-11)13-4-6-14(7-5-13)22(24)25/h4-8,12H,2-3,9-10H2,1H3,(H,19,23)(H,18,20,21). The highest BCUT2D eigenvalue weighted by Gasteiger charge is 2.21. The summed E-state index contributed by atoms with van der Waals surface area (Å²) in [6.45, 7) is 2.70. The molecule has 0 aliphatic heterocycles. The van der Waals surface area contributed by atoms with Gasteiger partial charge in [0.15, 0.2) is 5.82 Å². The molecular formula is C17H19N5O3. The van der Waals surface area contributed by atoms with Gasteiger partial charge in [-0.1, -0.05) is 0 Å². The van der Waals surface area contributed by atoms with E-state index in [0.717, 1.165) is 12.2 Å². The van der Waals surface area contributed by atoms with Crippen molar-refractivity contribution in [3.05, 3.63) is 46.1 Å². The lowest BCUT2D eigenvalue weighted by atomic mass is 10.2. The highest BCUT2D eigenvalue weighted by atomic mass is 16.6. The van der Waals surface area contributed by atoms with E-state index in [0.29, 0.717) is 23.1 Å². The van der Waals surface area contributed by atoms with Gasteiger partial charge in [0.25, 0.3) is 5.69 Å². The maximum absolute atomic E-state index is 11.8. The lowest BCUT2D eigenvalue weighted by molar-refractivity contribution is -0.384. The number of nitrogens with one attached hydrogen (secondary N) is 2. The Labute approximate surface area is 144 Å². The smallest absolute Gasteiger partial charge is 0.269 e. The van der Waals surface area contributed by atoms with Crippen LogP contribution in [0.1, 0.15) is 18.5 Å². The summed E-state index contributed by atoms with van der Waals surface area (Å²) in [5, 5.41) is 16.6. The number of nitro benzene ring substituents is 1. The second kappa shape index (κ2) is 7.25. The summed E-state index contributed by atoms with van der Waals surface area (Å²) in [4.78, 5) is 30.8. The molecule has 0 bridgehead atoms. The first-order valence-corrected chi connectivity index (χ1v) is 8.12. The van der Waals surface area contributed by atoms with Crippen LogP contribution in [0.15, 0.2) is 30.3 Å². The van der Waals surface area contributed by atoms with Gasteiger partial charge in [-0.25, -0.2) is 9.97 Å². The number of aryl methyl sites for hydroxylation is 1. The summed E-state index contributed by atoms with van der Waals surface area (Å²) in [7, 11) is 0. The number of nitro groups is 1. The average molecular weight is 341 g/mol. The first kappa shape index (κ1) is 16.8. The van der Waals surface area contributed by atoms with Crippen LogP contribution in [0.5, 0.6) is 0 Å². The van der Waals surface area contributed by atoms with E-state index < -0.39 is 4.92 Å². The summed E-state index contributed by atoms with van der Waals surface area (Å²) >= 11 is 0. The Kier molecular flexibility index (Phi) is 4.87. The van der Waals surface area contributed by atoms with E-state index in [4.69, 9.17) is 0 Å². The Morgan fingerprint density at radius 2 is 2.00 bits per heavy atom.